The van der Waals surface area contributed by atoms with Crippen LogP contribution in [-0.4, -0.2) is 152 Å². The normalized spacial score (nSPS) is 13.8. The van der Waals surface area contributed by atoms with Crippen molar-refractivity contribution in [3.8, 4) is 0 Å². The molecule has 94 heavy (non-hydrogen) atoms. The maximum Gasteiger partial charge on any atom is 0.238 e. The molecule has 1 unspecified atom stereocenters. The van der Waals surface area contributed by atoms with Crippen molar-refractivity contribution in [2.75, 3.05) is 24.3 Å². The maximum atomic E-state index is 12.0. The van der Waals surface area contributed by atoms with Crippen LogP contribution in [0.3, 0.4) is 0 Å². The lowest BCUT2D eigenvalue weighted by Crippen LogP contribution is -2.51. The summed E-state index contributed by atoms with van der Waals surface area (Å²) in [4.78, 5) is 93.2. The Kier molecular flexibility index (Phi) is 45.1. The molecule has 0 spiro atoms. The summed E-state index contributed by atoms with van der Waals surface area (Å²) in [6, 6.07) is 14.7. The molecule has 0 aliphatic rings. The molecule has 0 aliphatic heterocycles. The number of hydrogen-bond acceptors (Lipinski definition) is 17. The summed E-state index contributed by atoms with van der Waals surface area (Å²) < 4.78 is 0. The van der Waals surface area contributed by atoms with E-state index in [1.54, 1.807) is 11.8 Å². The number of rotatable bonds is 19. The van der Waals surface area contributed by atoms with E-state index >= 15 is 0 Å². The van der Waals surface area contributed by atoms with Gasteiger partial charge in [0, 0.05) is 61.6 Å². The number of carbonyl (C=O) groups is 8. The van der Waals surface area contributed by atoms with Gasteiger partial charge in [0.2, 0.25) is 47.3 Å². The van der Waals surface area contributed by atoms with Crippen molar-refractivity contribution in [2.45, 2.75) is 266 Å². The van der Waals surface area contributed by atoms with Crippen molar-refractivity contribution in [2.24, 2.45) is 51.8 Å². The van der Waals surface area contributed by atoms with Crippen molar-refractivity contribution in [3.63, 3.8) is 0 Å². The minimum Gasteiger partial charge on any atom is -0.370 e. The van der Waals surface area contributed by atoms with E-state index in [1.807, 2.05) is 226 Å². The van der Waals surface area contributed by atoms with Crippen LogP contribution in [0.2, 0.25) is 0 Å². The van der Waals surface area contributed by atoms with E-state index in [0.29, 0.717) is 18.6 Å². The molecule has 0 aliphatic carbocycles. The summed E-state index contributed by atoms with van der Waals surface area (Å²) in [5.74, 6) is 0.0402. The molecule has 0 saturated carbocycles. The SMILES string of the molecule is CC(C)(C)NC(=O)CN.CC(C)(C)NC(=O)[C@@H](N)CC(N)=O.CC(C)(C)NC(=O)[C@@H](N)CS.CC(C)(C)NC(=O)[C@@H](N)Cc1c[nH]c2ccccc12.CC(C)(C)NC(=O)[C@@H](N)Cc1ccccc1.CCC(C)[C@H](N)C(=O)NC(C)(C)C.CSCC[C@H](N)C(=O)NC(C)(C)C. The molecular formula is C68H130N16O8S2. The van der Waals surface area contributed by atoms with Crippen molar-refractivity contribution in [1.29, 1.82) is 0 Å². The van der Waals surface area contributed by atoms with Crippen LogP contribution in [0, 0.1) is 5.92 Å². The van der Waals surface area contributed by atoms with Crippen LogP contribution >= 0.6 is 24.4 Å². The van der Waals surface area contributed by atoms with Crippen molar-refractivity contribution in [1.82, 2.24) is 42.2 Å². The van der Waals surface area contributed by atoms with Gasteiger partial charge in [0.05, 0.1) is 49.2 Å². The first-order valence-corrected chi connectivity index (χ1v) is 33.9. The van der Waals surface area contributed by atoms with Gasteiger partial charge in [-0.2, -0.15) is 24.4 Å². The highest BCUT2D eigenvalue weighted by Gasteiger charge is 2.26. The fourth-order valence-corrected chi connectivity index (χ4v) is 7.76. The number of aromatic amines is 1. The number of fused-ring (bicyclic) bond motifs is 1. The third kappa shape index (κ3) is 54.4. The Morgan fingerprint density at radius 3 is 1.19 bits per heavy atom. The molecule has 24 N–H and O–H groups in total. The van der Waals surface area contributed by atoms with Gasteiger partial charge in [0.1, 0.15) is 0 Å². The number of aromatic nitrogens is 1. The molecule has 0 radical (unpaired) electrons. The van der Waals surface area contributed by atoms with E-state index in [4.69, 9.17) is 45.9 Å². The largest absolute Gasteiger partial charge is 0.370 e. The first-order chi connectivity index (χ1) is 42.4. The standard InChI is InChI=1S/C15H21N3O.C13H20N2O.C10H22N2O.C9H20N2OS.C8H17N3O2.C7H16N2OS.C6H14N2O/c1-15(2,3)18-14(19)12(16)8-10-9-17-13-7-5-4-6-11(10)13;1-13(2,3)15-12(16)11(14)9-10-7-5-4-6-8-10;1-6-7(2)8(11)9(13)12-10(3,4)5;1-9(2,3)11-8(12)7(10)5-6-13-4;1-8(2,3)11-7(13)5(9)4-6(10)12;1-7(2,3)9-6(10)5(8)4-11;1-6(2,3)8-5(9)4-7/h4-7,9,12,17H,8,16H2,1-3H3,(H,18,19);4-8,11H,9,14H2,1-3H3,(H,15,16);7-8H,6,11H2,1-5H3,(H,12,13);7H,5-6,10H2,1-4H3,(H,11,12);5H,4,9H2,1-3H3,(H2,10,12)(H,11,13);5,11H,4,8H2,1-3H3,(H,9,10);4,7H2,1-3H3,(H,8,9)/t12-;11-;7?,8-;7-;2*5-;/m000000./s1. The van der Waals surface area contributed by atoms with E-state index in [9.17, 15) is 38.4 Å². The zero-order valence-electron chi connectivity index (χ0n) is 61.7. The van der Waals surface area contributed by atoms with E-state index in [1.165, 1.54) is 0 Å². The van der Waals surface area contributed by atoms with Gasteiger partial charge >= 0.3 is 0 Å². The van der Waals surface area contributed by atoms with Gasteiger partial charge < -0.3 is 88.1 Å². The molecule has 26 heteroatoms. The number of primary amides is 1. The fraction of sp³-hybridized carbons (Fsp3) is 0.676. The summed E-state index contributed by atoms with van der Waals surface area (Å²) in [5, 5.41) is 20.7. The van der Waals surface area contributed by atoms with Gasteiger partial charge in [-0.3, -0.25) is 38.4 Å². The Morgan fingerprint density at radius 2 is 0.840 bits per heavy atom. The number of H-pyrrole nitrogens is 1. The third-order valence-electron chi connectivity index (χ3n) is 11.6. The lowest BCUT2D eigenvalue weighted by Gasteiger charge is -2.25. The quantitative estimate of drug-likeness (QED) is 0.0717. The number of nitrogens with two attached hydrogens (primary N) is 8. The Morgan fingerprint density at radius 1 is 0.489 bits per heavy atom. The number of hydrogen-bond donors (Lipinski definition) is 17. The van der Waals surface area contributed by atoms with E-state index < -0.39 is 30.1 Å². The number of thioether (sulfide) groups is 1. The molecule has 1 aromatic heterocycles. The molecule has 3 rings (SSSR count). The fourth-order valence-electron chi connectivity index (χ4n) is 7.11. The van der Waals surface area contributed by atoms with Crippen LogP contribution in [0.1, 0.15) is 190 Å². The highest BCUT2D eigenvalue weighted by atomic mass is 32.2. The second-order valence-corrected chi connectivity index (χ2v) is 31.6. The lowest BCUT2D eigenvalue weighted by atomic mass is 9.98. The molecule has 542 valence electrons. The minimum atomic E-state index is -0.850. The molecule has 2 aromatic carbocycles. The third-order valence-corrected chi connectivity index (χ3v) is 12.6. The van der Waals surface area contributed by atoms with Crippen molar-refractivity contribution >= 4 is 82.6 Å². The molecular weight excluding hydrogens is 1230 g/mol. The Labute approximate surface area is 574 Å². The van der Waals surface area contributed by atoms with E-state index in [2.05, 4.69) is 54.8 Å². The van der Waals surface area contributed by atoms with Crippen LogP contribution in [0.5, 0.6) is 0 Å². The number of nitrogens with one attached hydrogen (secondary N) is 8. The first-order valence-electron chi connectivity index (χ1n) is 31.9. The van der Waals surface area contributed by atoms with Crippen molar-refractivity contribution < 1.29 is 38.4 Å². The Hall–Kier alpha value is -5.84. The average Bonchev–Trinajstić information content (AvgIpc) is 1.68. The van der Waals surface area contributed by atoms with Gasteiger partial charge in [0.15, 0.2) is 0 Å². The van der Waals surface area contributed by atoms with Gasteiger partial charge in [-0.1, -0.05) is 68.8 Å². The monoisotopic (exact) mass is 1360 g/mol. The van der Waals surface area contributed by atoms with Gasteiger partial charge in [-0.15, -0.1) is 0 Å². The summed E-state index contributed by atoms with van der Waals surface area (Å²) >= 11 is 5.62. The highest BCUT2D eigenvalue weighted by Crippen LogP contribution is 2.19. The van der Waals surface area contributed by atoms with Crippen molar-refractivity contribution in [3.05, 3.63) is 71.9 Å². The highest BCUT2D eigenvalue weighted by molar-refractivity contribution is 7.98. The van der Waals surface area contributed by atoms with Crippen LogP contribution in [0.4, 0.5) is 0 Å². The maximum absolute atomic E-state index is 12.0. The predicted molar refractivity (Wildman–Crippen MR) is 394 cm³/mol. The number of amides is 8. The molecule has 0 fully saturated rings. The van der Waals surface area contributed by atoms with Gasteiger partial charge in [-0.05, 0) is 200 Å². The molecule has 7 atom stereocenters. The zero-order valence-corrected chi connectivity index (χ0v) is 63.4. The number of para-hydroxylation sites is 1. The topological polar surface area (TPSA) is 445 Å². The smallest absolute Gasteiger partial charge is 0.238 e. The molecule has 24 nitrogen and oxygen atoms in total. The first kappa shape index (κ1) is 94.6. The molecule has 3 aromatic rings. The van der Waals surface area contributed by atoms with Gasteiger partial charge in [-0.25, -0.2) is 0 Å². The molecule has 0 saturated heterocycles. The number of carbonyl (C=O) groups excluding carboxylic acids is 8. The summed E-state index contributed by atoms with van der Waals surface area (Å²) in [6.45, 7) is 44.5. The number of thiol groups is 1. The molecule has 8 amide bonds. The predicted octanol–water partition coefficient (Wildman–Crippen LogP) is 4.80. The number of benzene rings is 2. The van der Waals surface area contributed by atoms with Gasteiger partial charge in [0.25, 0.3) is 0 Å². The summed E-state index contributed by atoms with van der Waals surface area (Å²) in [6.07, 6.45) is 6.59. The zero-order chi connectivity index (χ0) is 74.6. The lowest BCUT2D eigenvalue weighted by molar-refractivity contribution is -0.127. The molecule has 1 heterocycles. The summed E-state index contributed by atoms with van der Waals surface area (Å²) in [7, 11) is 0. The minimum absolute atomic E-state index is 0.0538. The van der Waals surface area contributed by atoms with Crippen LogP contribution < -0.4 is 83.1 Å². The Bertz CT molecular complexity index is 2680. The van der Waals surface area contributed by atoms with Crippen LogP contribution in [0.25, 0.3) is 10.9 Å². The second kappa shape index (κ2) is 44.8. The summed E-state index contributed by atoms with van der Waals surface area (Å²) in [5.41, 5.74) is 45.7. The molecule has 0 bridgehead atoms. The second-order valence-electron chi connectivity index (χ2n) is 30.3. The van der Waals surface area contributed by atoms with Crippen LogP contribution in [-0.2, 0) is 51.2 Å². The van der Waals surface area contributed by atoms with E-state index in [-0.39, 0.29) is 111 Å². The van der Waals surface area contributed by atoms with Crippen LogP contribution in [0.15, 0.2) is 60.8 Å². The average molecular weight is 1360 g/mol. The Balaban J connectivity index is -0.000000509. The van der Waals surface area contributed by atoms with E-state index in [0.717, 1.165) is 40.6 Å².